The van der Waals surface area contributed by atoms with Gasteiger partial charge in [0.05, 0.1) is 11.4 Å². The Morgan fingerprint density at radius 1 is 0.724 bits per heavy atom. The number of rotatable bonds is 9. The summed E-state index contributed by atoms with van der Waals surface area (Å²) in [4.78, 5) is 20.8. The molecule has 2 aromatic rings. The van der Waals surface area contributed by atoms with Crippen LogP contribution < -0.4 is 10.6 Å². The van der Waals surface area contributed by atoms with Gasteiger partial charge < -0.3 is 10.2 Å². The van der Waals surface area contributed by atoms with Crippen LogP contribution in [0.5, 0.6) is 0 Å². The number of aliphatic carboxylic acids is 2. The van der Waals surface area contributed by atoms with Gasteiger partial charge in [-0.25, -0.2) is 9.59 Å². The Balaban J connectivity index is 1.93. The van der Waals surface area contributed by atoms with Crippen LogP contribution in [0, 0.1) is 0 Å². The van der Waals surface area contributed by atoms with Gasteiger partial charge in [-0.15, -0.1) is 0 Å². The molecule has 7 heteroatoms. The quantitative estimate of drug-likeness (QED) is 0.287. The highest BCUT2D eigenvalue weighted by Gasteiger charge is 2.02. The van der Waals surface area contributed by atoms with Crippen molar-refractivity contribution in [2.75, 3.05) is 10.6 Å². The number of hydrazine groups is 1. The number of anilines is 2. The van der Waals surface area contributed by atoms with Crippen LogP contribution in [0.2, 0.25) is 0 Å². The van der Waals surface area contributed by atoms with Crippen LogP contribution in [0.4, 0.5) is 11.4 Å². The molecule has 0 atom stereocenters. The van der Waals surface area contributed by atoms with Gasteiger partial charge in [0.15, 0.2) is 0 Å². The van der Waals surface area contributed by atoms with Crippen LogP contribution in [-0.2, 0) is 9.59 Å². The van der Waals surface area contributed by atoms with Gasteiger partial charge in [0.2, 0.25) is 0 Å². The lowest BCUT2D eigenvalue weighted by molar-refractivity contribution is -0.132. The van der Waals surface area contributed by atoms with Crippen LogP contribution in [0.1, 0.15) is 11.1 Å². The number of carbonyl (C=O) groups is 2. The molecule has 0 aromatic heterocycles. The van der Waals surface area contributed by atoms with Crippen molar-refractivity contribution in [1.29, 1.82) is 0 Å². The number of carboxylic acid groups (broad SMARTS) is 2. The van der Waals surface area contributed by atoms with E-state index in [9.17, 15) is 14.8 Å². The van der Waals surface area contributed by atoms with E-state index in [0.717, 1.165) is 28.5 Å². The molecule has 0 aliphatic carbocycles. The summed E-state index contributed by atoms with van der Waals surface area (Å²) in [5, 5.41) is 28.1. The average Bonchev–Trinajstić information content (AvgIpc) is 2.70. The lowest BCUT2D eigenvalue weighted by atomic mass is 10.2. The molecule has 0 saturated heterocycles. The van der Waals surface area contributed by atoms with Crippen molar-refractivity contribution in [3.05, 3.63) is 96.1 Å². The molecule has 0 heterocycles. The predicted molar refractivity (Wildman–Crippen MR) is 112 cm³/mol. The average molecular weight is 392 g/mol. The maximum Gasteiger partial charge on any atom is 0.328 e. The maximum absolute atomic E-state index is 10.4. The number of nitrogens with one attached hydrogen (secondary N) is 1. The first-order valence-corrected chi connectivity index (χ1v) is 8.55. The molecule has 2 aromatic carbocycles. The van der Waals surface area contributed by atoms with E-state index in [4.69, 9.17) is 10.2 Å². The molecule has 148 valence electrons. The van der Waals surface area contributed by atoms with Gasteiger partial charge in [-0.1, -0.05) is 60.7 Å². The SMILES string of the molecule is O=C(O)C=CC=Cc1ccc(NN(O)c2ccc(C=CC=CC(=O)O)cc2)cc1. The summed E-state index contributed by atoms with van der Waals surface area (Å²) in [6.45, 7) is 0. The van der Waals surface area contributed by atoms with E-state index < -0.39 is 11.9 Å². The van der Waals surface area contributed by atoms with Crippen LogP contribution in [0.15, 0.2) is 85.0 Å². The highest BCUT2D eigenvalue weighted by molar-refractivity contribution is 5.80. The third-order valence-corrected chi connectivity index (χ3v) is 3.56. The van der Waals surface area contributed by atoms with Crippen molar-refractivity contribution in [2.45, 2.75) is 0 Å². The minimum absolute atomic E-state index is 0.519. The van der Waals surface area contributed by atoms with Gasteiger partial charge in [-0.2, -0.15) is 5.17 Å². The molecule has 0 unspecified atom stereocenters. The molecular formula is C22H20N2O5. The fraction of sp³-hybridized carbons (Fsp3) is 0. The summed E-state index contributed by atoms with van der Waals surface area (Å²) in [6, 6.07) is 14.2. The maximum atomic E-state index is 10.4. The second-order valence-corrected chi connectivity index (χ2v) is 5.75. The Hall–Kier alpha value is -4.10. The van der Waals surface area contributed by atoms with Crippen LogP contribution >= 0.6 is 0 Å². The fourth-order valence-electron chi connectivity index (χ4n) is 2.19. The van der Waals surface area contributed by atoms with Crippen LogP contribution in [0.3, 0.4) is 0 Å². The van der Waals surface area contributed by atoms with E-state index in [1.807, 2.05) is 12.1 Å². The van der Waals surface area contributed by atoms with Gasteiger partial charge in [-0.05, 0) is 35.4 Å². The first-order valence-electron chi connectivity index (χ1n) is 8.55. The molecule has 7 nitrogen and oxygen atoms in total. The van der Waals surface area contributed by atoms with Gasteiger partial charge in [0, 0.05) is 12.2 Å². The number of benzene rings is 2. The van der Waals surface area contributed by atoms with E-state index in [2.05, 4.69) is 5.43 Å². The molecule has 0 bridgehead atoms. The summed E-state index contributed by atoms with van der Waals surface area (Å²) in [5.74, 6) is -2.01. The number of hydrogen-bond acceptors (Lipinski definition) is 5. The summed E-state index contributed by atoms with van der Waals surface area (Å²) in [5.41, 5.74) is 5.74. The number of hydrogen-bond donors (Lipinski definition) is 4. The third-order valence-electron chi connectivity index (χ3n) is 3.56. The molecular weight excluding hydrogens is 372 g/mol. The molecule has 0 radical (unpaired) electrons. The zero-order chi connectivity index (χ0) is 21.1. The number of carboxylic acids is 2. The Morgan fingerprint density at radius 2 is 1.17 bits per heavy atom. The normalized spacial score (nSPS) is 11.6. The topological polar surface area (TPSA) is 110 Å². The first kappa shape index (κ1) is 21.2. The molecule has 0 fully saturated rings. The van der Waals surface area contributed by atoms with Crippen LogP contribution in [-0.4, -0.2) is 27.4 Å². The predicted octanol–water partition coefficient (Wildman–Crippen LogP) is 4.22. The molecule has 29 heavy (non-hydrogen) atoms. The lowest BCUT2D eigenvalue weighted by Gasteiger charge is -2.19. The smallest absolute Gasteiger partial charge is 0.328 e. The monoisotopic (exact) mass is 392 g/mol. The second kappa shape index (κ2) is 10.9. The molecule has 0 saturated carbocycles. The van der Waals surface area contributed by atoms with Gasteiger partial charge >= 0.3 is 11.9 Å². The van der Waals surface area contributed by atoms with E-state index >= 15 is 0 Å². The Morgan fingerprint density at radius 3 is 1.62 bits per heavy atom. The molecule has 4 N–H and O–H groups in total. The minimum Gasteiger partial charge on any atom is -0.478 e. The molecule has 0 aliphatic rings. The Kier molecular flexibility index (Phi) is 7.97. The lowest BCUT2D eigenvalue weighted by Crippen LogP contribution is -2.25. The highest BCUT2D eigenvalue weighted by Crippen LogP contribution is 2.17. The highest BCUT2D eigenvalue weighted by atomic mass is 16.5. The fourth-order valence-corrected chi connectivity index (χ4v) is 2.19. The zero-order valence-corrected chi connectivity index (χ0v) is 15.3. The molecule has 0 amide bonds. The largest absolute Gasteiger partial charge is 0.478 e. The van der Waals surface area contributed by atoms with Gasteiger partial charge in [-0.3, -0.25) is 10.6 Å². The second-order valence-electron chi connectivity index (χ2n) is 5.75. The van der Waals surface area contributed by atoms with E-state index in [-0.39, 0.29) is 0 Å². The number of allylic oxidation sites excluding steroid dienone is 4. The van der Waals surface area contributed by atoms with Crippen molar-refractivity contribution in [2.24, 2.45) is 0 Å². The minimum atomic E-state index is -1.01. The van der Waals surface area contributed by atoms with Crippen LogP contribution in [0.25, 0.3) is 12.2 Å². The standard InChI is InChI=1S/C22H20N2O5/c25-21(26)7-3-1-5-17-9-13-19(14-10-17)23-24(29)20-15-11-18(12-16-20)6-2-4-8-22(27)28/h1-16,23,29H,(H,25,26)(H,27,28). The summed E-state index contributed by atoms with van der Waals surface area (Å²) < 4.78 is 0. The van der Waals surface area contributed by atoms with Gasteiger partial charge in [0.1, 0.15) is 0 Å². The van der Waals surface area contributed by atoms with Crippen molar-refractivity contribution in [3.8, 4) is 0 Å². The summed E-state index contributed by atoms with van der Waals surface area (Å²) in [6.07, 6.45) is 11.7. The summed E-state index contributed by atoms with van der Waals surface area (Å²) >= 11 is 0. The third kappa shape index (κ3) is 7.98. The van der Waals surface area contributed by atoms with E-state index in [0.29, 0.717) is 11.4 Å². The van der Waals surface area contributed by atoms with Crippen molar-refractivity contribution in [3.63, 3.8) is 0 Å². The van der Waals surface area contributed by atoms with E-state index in [1.54, 1.807) is 60.7 Å². The number of nitrogens with zero attached hydrogens (tertiary/aromatic N) is 1. The van der Waals surface area contributed by atoms with Crippen molar-refractivity contribution < 1.29 is 25.0 Å². The molecule has 0 aliphatic heterocycles. The molecule has 2 rings (SSSR count). The first-order chi connectivity index (χ1) is 13.9. The molecule has 0 spiro atoms. The van der Waals surface area contributed by atoms with Crippen molar-refractivity contribution in [1.82, 2.24) is 0 Å². The van der Waals surface area contributed by atoms with Gasteiger partial charge in [0.25, 0.3) is 0 Å². The summed E-state index contributed by atoms with van der Waals surface area (Å²) in [7, 11) is 0. The van der Waals surface area contributed by atoms with E-state index in [1.165, 1.54) is 12.2 Å². The Labute approximate surface area is 167 Å². The Bertz CT molecular complexity index is 942. The zero-order valence-electron chi connectivity index (χ0n) is 15.3. The van der Waals surface area contributed by atoms with Crippen molar-refractivity contribution >= 4 is 35.5 Å².